The van der Waals surface area contributed by atoms with Crippen LogP contribution in [0.15, 0.2) is 0 Å². The third-order valence-corrected chi connectivity index (χ3v) is 1.92. The maximum absolute atomic E-state index is 7.47. The third-order valence-electron chi connectivity index (χ3n) is 1.92. The fourth-order valence-electron chi connectivity index (χ4n) is 1.28. The smallest absolute Gasteiger partial charge is 0.209 e. The van der Waals surface area contributed by atoms with Crippen molar-refractivity contribution in [2.75, 3.05) is 20.1 Å². The van der Waals surface area contributed by atoms with Crippen LogP contribution in [0.3, 0.4) is 0 Å². The zero-order valence-corrected chi connectivity index (χ0v) is 6.81. The first-order chi connectivity index (χ1) is 5.34. The zero-order chi connectivity index (χ0) is 8.10. The Labute approximate surface area is 66.8 Å². The molecule has 0 radical (unpaired) electrons. The van der Waals surface area contributed by atoms with Crippen LogP contribution < -0.4 is 10.8 Å². The first-order valence-corrected chi connectivity index (χ1v) is 3.97. The van der Waals surface area contributed by atoms with Crippen molar-refractivity contribution in [1.29, 1.82) is 5.41 Å². The second-order valence-electron chi connectivity index (χ2n) is 2.69. The largest absolute Gasteiger partial charge is 0.394 e. The van der Waals surface area contributed by atoms with E-state index in [1.165, 1.54) is 0 Å². The lowest BCUT2D eigenvalue weighted by Gasteiger charge is -2.22. The van der Waals surface area contributed by atoms with Crippen LogP contribution in [0, 0.1) is 11.3 Å². The van der Waals surface area contributed by atoms with Gasteiger partial charge in [-0.25, -0.2) is 0 Å². The van der Waals surface area contributed by atoms with Crippen molar-refractivity contribution in [3.63, 3.8) is 0 Å². The fraction of sp³-hybridized carbons (Fsp3) is 0.857. The second kappa shape index (κ2) is 4.31. The van der Waals surface area contributed by atoms with E-state index in [1.807, 2.05) is 0 Å². The molecule has 0 aliphatic carbocycles. The molecule has 4 nitrogen and oxygen atoms in total. The highest BCUT2D eigenvalue weighted by molar-refractivity contribution is 5.75. The number of piperidine rings is 1. The van der Waals surface area contributed by atoms with Gasteiger partial charge in [-0.05, 0) is 25.9 Å². The summed E-state index contributed by atoms with van der Waals surface area (Å²) in [4.78, 5) is 4.89. The molecule has 1 aliphatic rings. The van der Waals surface area contributed by atoms with Gasteiger partial charge >= 0.3 is 0 Å². The number of nitrogens with one attached hydrogen (secondary N) is 3. The van der Waals surface area contributed by atoms with Crippen LogP contribution in [0.25, 0.3) is 0 Å². The number of hydroxylamine groups is 1. The molecule has 0 aromatic heterocycles. The van der Waals surface area contributed by atoms with E-state index in [1.54, 1.807) is 7.05 Å². The zero-order valence-electron chi connectivity index (χ0n) is 6.81. The van der Waals surface area contributed by atoms with Gasteiger partial charge in [0.1, 0.15) is 0 Å². The molecule has 4 heteroatoms. The monoisotopic (exact) mass is 157 g/mol. The van der Waals surface area contributed by atoms with E-state index in [-0.39, 0.29) is 0 Å². The molecule has 1 heterocycles. The van der Waals surface area contributed by atoms with Crippen molar-refractivity contribution < 1.29 is 4.84 Å². The highest BCUT2D eigenvalue weighted by atomic mass is 16.6. The Morgan fingerprint density at radius 2 is 2.18 bits per heavy atom. The summed E-state index contributed by atoms with van der Waals surface area (Å²) in [5.41, 5.74) is 2.52. The van der Waals surface area contributed by atoms with Crippen LogP contribution in [0.2, 0.25) is 0 Å². The van der Waals surface area contributed by atoms with Crippen molar-refractivity contribution >= 4 is 5.90 Å². The SMILES string of the molecule is CNOC(=N)C1CCNCC1. The van der Waals surface area contributed by atoms with Gasteiger partial charge in [-0.3, -0.25) is 5.41 Å². The Balaban J connectivity index is 2.27. The van der Waals surface area contributed by atoms with Gasteiger partial charge in [0.05, 0.1) is 0 Å². The summed E-state index contributed by atoms with van der Waals surface area (Å²) < 4.78 is 0. The molecule has 3 N–H and O–H groups in total. The minimum absolute atomic E-state index is 0.309. The van der Waals surface area contributed by atoms with E-state index in [4.69, 9.17) is 10.2 Å². The lowest BCUT2D eigenvalue weighted by Crippen LogP contribution is -2.33. The van der Waals surface area contributed by atoms with Crippen molar-refractivity contribution in [3.05, 3.63) is 0 Å². The van der Waals surface area contributed by atoms with Crippen LogP contribution in [-0.4, -0.2) is 26.0 Å². The Hall–Kier alpha value is -0.610. The molecule has 0 aromatic carbocycles. The standard InChI is InChI=1S/C7H15N3O/c1-9-11-7(8)6-2-4-10-5-3-6/h6,8-10H,2-5H2,1H3. The molecule has 11 heavy (non-hydrogen) atoms. The van der Waals surface area contributed by atoms with Gasteiger partial charge in [-0.1, -0.05) is 0 Å². The third kappa shape index (κ3) is 2.48. The molecule has 1 saturated heterocycles. The lowest BCUT2D eigenvalue weighted by atomic mass is 9.98. The second-order valence-corrected chi connectivity index (χ2v) is 2.69. The molecule has 1 rings (SSSR count). The summed E-state index contributed by atoms with van der Waals surface area (Å²) in [6.07, 6.45) is 2.03. The summed E-state index contributed by atoms with van der Waals surface area (Å²) in [6, 6.07) is 0. The maximum Gasteiger partial charge on any atom is 0.209 e. The highest BCUT2D eigenvalue weighted by Crippen LogP contribution is 2.12. The van der Waals surface area contributed by atoms with Crippen molar-refractivity contribution in [2.24, 2.45) is 5.92 Å². The molecular weight excluding hydrogens is 142 g/mol. The predicted molar refractivity (Wildman–Crippen MR) is 43.5 cm³/mol. The molecular formula is C7H15N3O. The first-order valence-electron chi connectivity index (χ1n) is 3.97. The van der Waals surface area contributed by atoms with Crippen LogP contribution in [0.5, 0.6) is 0 Å². The number of rotatable bonds is 2. The average molecular weight is 157 g/mol. The molecule has 64 valence electrons. The van der Waals surface area contributed by atoms with Gasteiger partial charge in [0.15, 0.2) is 0 Å². The Kier molecular flexibility index (Phi) is 3.32. The summed E-state index contributed by atoms with van der Waals surface area (Å²) >= 11 is 0. The van der Waals surface area contributed by atoms with Crippen LogP contribution in [0.1, 0.15) is 12.8 Å². The molecule has 0 spiro atoms. The number of hydrogen-bond acceptors (Lipinski definition) is 4. The molecule has 1 fully saturated rings. The molecule has 0 bridgehead atoms. The minimum Gasteiger partial charge on any atom is -0.394 e. The topological polar surface area (TPSA) is 57.1 Å². The Morgan fingerprint density at radius 3 is 2.73 bits per heavy atom. The fourth-order valence-corrected chi connectivity index (χ4v) is 1.28. The summed E-state index contributed by atoms with van der Waals surface area (Å²) in [7, 11) is 1.68. The Bertz CT molecular complexity index is 132. The van der Waals surface area contributed by atoms with E-state index in [9.17, 15) is 0 Å². The first kappa shape index (κ1) is 8.49. The van der Waals surface area contributed by atoms with Gasteiger partial charge in [0.25, 0.3) is 0 Å². The van der Waals surface area contributed by atoms with Crippen molar-refractivity contribution in [1.82, 2.24) is 10.8 Å². The minimum atomic E-state index is 0.309. The molecule has 0 aromatic rings. The van der Waals surface area contributed by atoms with E-state index < -0.39 is 0 Å². The quantitative estimate of drug-likeness (QED) is 0.303. The Morgan fingerprint density at radius 1 is 1.55 bits per heavy atom. The van der Waals surface area contributed by atoms with Gasteiger partial charge in [0, 0.05) is 13.0 Å². The van der Waals surface area contributed by atoms with E-state index in [0.717, 1.165) is 25.9 Å². The molecule has 0 amide bonds. The van der Waals surface area contributed by atoms with Crippen LogP contribution >= 0.6 is 0 Å². The van der Waals surface area contributed by atoms with Gasteiger partial charge < -0.3 is 10.2 Å². The maximum atomic E-state index is 7.47. The highest BCUT2D eigenvalue weighted by Gasteiger charge is 2.18. The molecule has 0 atom stereocenters. The number of hydrogen-bond donors (Lipinski definition) is 3. The van der Waals surface area contributed by atoms with E-state index >= 15 is 0 Å². The molecule has 0 saturated carbocycles. The summed E-state index contributed by atoms with van der Waals surface area (Å²) in [6.45, 7) is 2.00. The van der Waals surface area contributed by atoms with Crippen LogP contribution in [-0.2, 0) is 4.84 Å². The van der Waals surface area contributed by atoms with Gasteiger partial charge in [-0.2, -0.15) is 5.48 Å². The normalized spacial score (nSPS) is 19.7. The summed E-state index contributed by atoms with van der Waals surface area (Å²) in [5.74, 6) is 0.678. The van der Waals surface area contributed by atoms with E-state index in [0.29, 0.717) is 11.8 Å². The summed E-state index contributed by atoms with van der Waals surface area (Å²) in [5, 5.41) is 10.7. The molecule has 0 unspecified atom stereocenters. The molecule has 1 aliphatic heterocycles. The lowest BCUT2D eigenvalue weighted by molar-refractivity contribution is 0.182. The average Bonchev–Trinajstić information content (AvgIpc) is 2.07. The van der Waals surface area contributed by atoms with Crippen molar-refractivity contribution in [2.45, 2.75) is 12.8 Å². The van der Waals surface area contributed by atoms with Crippen LogP contribution in [0.4, 0.5) is 0 Å². The van der Waals surface area contributed by atoms with Gasteiger partial charge in [-0.15, -0.1) is 0 Å². The van der Waals surface area contributed by atoms with Gasteiger partial charge in [0.2, 0.25) is 5.90 Å². The van der Waals surface area contributed by atoms with E-state index in [2.05, 4.69) is 10.8 Å². The van der Waals surface area contributed by atoms with Crippen molar-refractivity contribution in [3.8, 4) is 0 Å². The predicted octanol–water partition coefficient (Wildman–Crippen LogP) is 0.114.